The molecule has 4 aromatic rings. The van der Waals surface area contributed by atoms with Crippen molar-refractivity contribution in [3.8, 4) is 6.07 Å². The van der Waals surface area contributed by atoms with Crippen molar-refractivity contribution in [1.29, 1.82) is 5.26 Å². The Morgan fingerprint density at radius 3 is 2.58 bits per heavy atom. The lowest BCUT2D eigenvalue weighted by molar-refractivity contribution is -0.00546. The minimum absolute atomic E-state index is 0.00289. The maximum Gasteiger partial charge on any atom is 0.267 e. The zero-order valence-electron chi connectivity index (χ0n) is 18.8. The molecule has 33 heavy (non-hydrogen) atoms. The van der Waals surface area contributed by atoms with Crippen LogP contribution in [0.5, 0.6) is 0 Å². The first-order chi connectivity index (χ1) is 16.0. The number of allylic oxidation sites excluding steroid dienone is 1. The van der Waals surface area contributed by atoms with Crippen molar-refractivity contribution < 1.29 is 4.74 Å². The van der Waals surface area contributed by atoms with Gasteiger partial charge < -0.3 is 14.2 Å². The normalized spacial score (nSPS) is 19.2. The molecule has 1 aromatic carbocycles. The highest BCUT2D eigenvalue weighted by molar-refractivity contribution is 5.92. The van der Waals surface area contributed by atoms with E-state index in [1.165, 1.54) is 4.40 Å². The SMILES string of the molecule is C[C@@H]1CN(c2nc3ccccn3c(=O)c2/C=C(\C#N)c2nc3ccccc3n2C)C[C@@H](C)O1. The number of morpholine rings is 1. The van der Waals surface area contributed by atoms with Gasteiger partial charge in [0.1, 0.15) is 17.5 Å². The van der Waals surface area contributed by atoms with E-state index in [0.29, 0.717) is 41.5 Å². The molecule has 0 unspecified atom stereocenters. The van der Waals surface area contributed by atoms with Crippen LogP contribution in [-0.4, -0.2) is 44.2 Å². The second-order valence-corrected chi connectivity index (χ2v) is 8.40. The number of rotatable bonds is 3. The summed E-state index contributed by atoms with van der Waals surface area (Å²) in [4.78, 5) is 25.1. The molecule has 4 heterocycles. The zero-order chi connectivity index (χ0) is 23.1. The molecule has 0 radical (unpaired) electrons. The highest BCUT2D eigenvalue weighted by Crippen LogP contribution is 2.26. The largest absolute Gasteiger partial charge is 0.372 e. The van der Waals surface area contributed by atoms with Crippen LogP contribution in [-0.2, 0) is 11.8 Å². The monoisotopic (exact) mass is 440 g/mol. The Morgan fingerprint density at radius 1 is 1.12 bits per heavy atom. The van der Waals surface area contributed by atoms with Crippen LogP contribution < -0.4 is 10.5 Å². The van der Waals surface area contributed by atoms with E-state index >= 15 is 0 Å². The van der Waals surface area contributed by atoms with Crippen LogP contribution in [0.1, 0.15) is 25.2 Å². The number of aromatic nitrogens is 4. The Kier molecular flexibility index (Phi) is 5.19. The van der Waals surface area contributed by atoms with Gasteiger partial charge in [0.2, 0.25) is 0 Å². The lowest BCUT2D eigenvalue weighted by Gasteiger charge is -2.36. The molecule has 1 aliphatic rings. The molecule has 2 atom stereocenters. The maximum absolute atomic E-state index is 13.6. The van der Waals surface area contributed by atoms with E-state index in [0.717, 1.165) is 11.0 Å². The molecule has 0 bridgehead atoms. The fraction of sp³-hybridized carbons (Fsp3) is 0.280. The van der Waals surface area contributed by atoms with E-state index in [1.54, 1.807) is 18.3 Å². The fourth-order valence-electron chi connectivity index (χ4n) is 4.49. The molecule has 5 rings (SSSR count). The average molecular weight is 441 g/mol. The van der Waals surface area contributed by atoms with Crippen LogP contribution in [0.4, 0.5) is 5.82 Å². The third-order valence-electron chi connectivity index (χ3n) is 5.91. The minimum atomic E-state index is -0.228. The lowest BCUT2D eigenvalue weighted by atomic mass is 10.1. The van der Waals surface area contributed by atoms with Crippen LogP contribution in [0.15, 0.2) is 53.5 Å². The summed E-state index contributed by atoms with van der Waals surface area (Å²) in [6.07, 6.45) is 3.31. The summed E-state index contributed by atoms with van der Waals surface area (Å²) < 4.78 is 9.26. The molecule has 8 nitrogen and oxygen atoms in total. The summed E-state index contributed by atoms with van der Waals surface area (Å²) in [5, 5.41) is 10.0. The highest BCUT2D eigenvalue weighted by atomic mass is 16.5. The van der Waals surface area contributed by atoms with Crippen molar-refractivity contribution in [2.24, 2.45) is 7.05 Å². The van der Waals surface area contributed by atoms with Gasteiger partial charge in [0.25, 0.3) is 5.56 Å². The molecule has 0 spiro atoms. The summed E-state index contributed by atoms with van der Waals surface area (Å²) in [6.45, 7) is 5.22. The molecule has 8 heteroatoms. The number of benzene rings is 1. The first-order valence-electron chi connectivity index (χ1n) is 10.9. The number of pyridine rings is 1. The summed E-state index contributed by atoms with van der Waals surface area (Å²) >= 11 is 0. The number of imidazole rings is 1. The van der Waals surface area contributed by atoms with Gasteiger partial charge in [-0.1, -0.05) is 18.2 Å². The second-order valence-electron chi connectivity index (χ2n) is 8.40. The van der Waals surface area contributed by atoms with Crippen molar-refractivity contribution in [2.75, 3.05) is 18.0 Å². The van der Waals surface area contributed by atoms with E-state index in [4.69, 9.17) is 9.72 Å². The van der Waals surface area contributed by atoms with Gasteiger partial charge in [-0.3, -0.25) is 9.20 Å². The maximum atomic E-state index is 13.6. The Morgan fingerprint density at radius 2 is 1.85 bits per heavy atom. The lowest BCUT2D eigenvalue weighted by Crippen LogP contribution is -2.46. The minimum Gasteiger partial charge on any atom is -0.372 e. The molecule has 166 valence electrons. The Bertz CT molecular complexity index is 1480. The quantitative estimate of drug-likeness (QED) is 0.455. The van der Waals surface area contributed by atoms with E-state index in [-0.39, 0.29) is 17.8 Å². The average Bonchev–Trinajstić information content (AvgIpc) is 3.14. The number of anilines is 1. The number of ether oxygens (including phenoxy) is 1. The number of hydrogen-bond acceptors (Lipinski definition) is 6. The van der Waals surface area contributed by atoms with Gasteiger partial charge in [0.15, 0.2) is 5.82 Å². The Balaban J connectivity index is 1.74. The summed E-state index contributed by atoms with van der Waals surface area (Å²) in [7, 11) is 1.87. The number of nitriles is 1. The van der Waals surface area contributed by atoms with Crippen molar-refractivity contribution in [3.63, 3.8) is 0 Å². The standard InChI is InChI=1S/C25H24N6O2/c1-16-14-30(15-17(2)33-16)24-19(25(32)31-11-7-6-10-22(31)28-24)12-18(13-26)23-27-20-8-4-5-9-21(20)29(23)3/h4-12,16-17H,14-15H2,1-3H3/b18-12+/t16-,17-/m1/s1. The first-order valence-corrected chi connectivity index (χ1v) is 10.9. The molecule has 1 aliphatic heterocycles. The Labute approximate surface area is 191 Å². The van der Waals surface area contributed by atoms with Crippen LogP contribution in [0.2, 0.25) is 0 Å². The van der Waals surface area contributed by atoms with Gasteiger partial charge in [0, 0.05) is 26.3 Å². The summed E-state index contributed by atoms with van der Waals surface area (Å²) in [5.74, 6) is 1.06. The molecule has 0 aliphatic carbocycles. The zero-order valence-corrected chi connectivity index (χ0v) is 18.8. The number of aryl methyl sites for hydroxylation is 1. The van der Waals surface area contributed by atoms with Gasteiger partial charge in [-0.15, -0.1) is 0 Å². The number of para-hydroxylation sites is 2. The fourth-order valence-corrected chi connectivity index (χ4v) is 4.49. The molecule has 1 saturated heterocycles. The predicted molar refractivity (Wildman–Crippen MR) is 128 cm³/mol. The Hall–Kier alpha value is -3.96. The van der Waals surface area contributed by atoms with Crippen LogP contribution in [0.3, 0.4) is 0 Å². The molecule has 0 amide bonds. The van der Waals surface area contributed by atoms with E-state index < -0.39 is 0 Å². The number of fused-ring (bicyclic) bond motifs is 2. The van der Waals surface area contributed by atoms with Gasteiger partial charge in [-0.25, -0.2) is 9.97 Å². The topological polar surface area (TPSA) is 88.5 Å². The van der Waals surface area contributed by atoms with Crippen molar-refractivity contribution in [3.05, 3.63) is 70.4 Å². The number of nitrogens with zero attached hydrogens (tertiary/aromatic N) is 6. The number of hydrogen-bond donors (Lipinski definition) is 0. The van der Waals surface area contributed by atoms with Crippen LogP contribution >= 0.6 is 0 Å². The van der Waals surface area contributed by atoms with Crippen LogP contribution in [0.25, 0.3) is 28.3 Å². The third-order valence-corrected chi connectivity index (χ3v) is 5.91. The van der Waals surface area contributed by atoms with Crippen LogP contribution in [0, 0.1) is 11.3 Å². The molecular weight excluding hydrogens is 416 g/mol. The van der Waals surface area contributed by atoms with Crippen molar-refractivity contribution in [2.45, 2.75) is 26.1 Å². The predicted octanol–water partition coefficient (Wildman–Crippen LogP) is 3.26. The third kappa shape index (κ3) is 3.66. The van der Waals surface area contributed by atoms with Gasteiger partial charge in [0.05, 0.1) is 34.4 Å². The second kappa shape index (κ2) is 8.19. The van der Waals surface area contributed by atoms with Gasteiger partial charge >= 0.3 is 0 Å². The van der Waals surface area contributed by atoms with E-state index in [9.17, 15) is 10.1 Å². The van der Waals surface area contributed by atoms with Gasteiger partial charge in [-0.05, 0) is 44.2 Å². The molecular formula is C25H24N6O2. The highest BCUT2D eigenvalue weighted by Gasteiger charge is 2.27. The van der Waals surface area contributed by atoms with Crippen molar-refractivity contribution in [1.82, 2.24) is 18.9 Å². The first kappa shape index (κ1) is 20.9. The van der Waals surface area contributed by atoms with Gasteiger partial charge in [-0.2, -0.15) is 5.26 Å². The smallest absolute Gasteiger partial charge is 0.267 e. The summed E-state index contributed by atoms with van der Waals surface area (Å²) in [5.41, 5.74) is 2.71. The molecule has 1 fully saturated rings. The van der Waals surface area contributed by atoms with E-state index in [1.807, 2.05) is 61.9 Å². The molecule has 0 N–H and O–H groups in total. The molecule has 0 saturated carbocycles. The summed E-state index contributed by atoms with van der Waals surface area (Å²) in [6, 6.07) is 15.4. The molecule has 3 aromatic heterocycles. The van der Waals surface area contributed by atoms with Crippen molar-refractivity contribution >= 4 is 34.1 Å². The van der Waals surface area contributed by atoms with E-state index in [2.05, 4.69) is 16.0 Å².